The van der Waals surface area contributed by atoms with Gasteiger partial charge in [0.25, 0.3) is 5.91 Å². The number of anilines is 1. The normalized spacial score (nSPS) is 10.1. The van der Waals surface area contributed by atoms with Crippen molar-refractivity contribution in [3.05, 3.63) is 40.3 Å². The largest absolute Gasteiger partial charge is 0.375 e. The number of amides is 2. The van der Waals surface area contributed by atoms with E-state index < -0.39 is 0 Å². The molecule has 110 valence electrons. The number of rotatable bonds is 6. The molecule has 2 rings (SSSR count). The van der Waals surface area contributed by atoms with Crippen LogP contribution in [0.25, 0.3) is 0 Å². The monoisotopic (exact) mass is 306 g/mol. The highest BCUT2D eigenvalue weighted by Gasteiger charge is 2.13. The van der Waals surface area contributed by atoms with Crippen molar-refractivity contribution in [2.24, 2.45) is 0 Å². The summed E-state index contributed by atoms with van der Waals surface area (Å²) in [5.74, 6) is -0.573. The molecule has 0 aliphatic rings. The summed E-state index contributed by atoms with van der Waals surface area (Å²) >= 11 is 1.13. The Morgan fingerprint density at radius 2 is 2.00 bits per heavy atom. The Morgan fingerprint density at radius 1 is 1.24 bits per heavy atom. The second-order valence-corrected chi connectivity index (χ2v) is 5.09. The molecule has 2 N–H and O–H groups in total. The fraction of sp³-hybridized carbons (Fsp3) is 0.231. The first-order valence-electron chi connectivity index (χ1n) is 6.13. The highest BCUT2D eigenvalue weighted by molar-refractivity contribution is 7.13. The van der Waals surface area contributed by atoms with Gasteiger partial charge in [-0.1, -0.05) is 29.5 Å². The van der Waals surface area contributed by atoms with Gasteiger partial charge in [0, 0.05) is 12.8 Å². The summed E-state index contributed by atoms with van der Waals surface area (Å²) in [4.78, 5) is 23.2. The van der Waals surface area contributed by atoms with Crippen molar-refractivity contribution in [2.75, 3.05) is 19.0 Å². The number of methoxy groups -OCH3 is 1. The number of carbonyl (C=O) groups excluding carboxylic acids is 2. The fourth-order valence-electron chi connectivity index (χ4n) is 1.48. The van der Waals surface area contributed by atoms with Crippen LogP contribution in [-0.2, 0) is 16.1 Å². The number of carbonyl (C=O) groups is 2. The van der Waals surface area contributed by atoms with Crippen molar-refractivity contribution >= 4 is 28.8 Å². The Labute approximate surface area is 125 Å². The Bertz CT molecular complexity index is 615. The van der Waals surface area contributed by atoms with Gasteiger partial charge in [-0.3, -0.25) is 9.59 Å². The minimum Gasteiger partial charge on any atom is -0.375 e. The van der Waals surface area contributed by atoms with Crippen molar-refractivity contribution < 1.29 is 14.3 Å². The van der Waals surface area contributed by atoms with Crippen LogP contribution in [0.4, 0.5) is 5.69 Å². The van der Waals surface area contributed by atoms with Crippen LogP contribution in [0.5, 0.6) is 0 Å². The quantitative estimate of drug-likeness (QED) is 0.832. The highest BCUT2D eigenvalue weighted by atomic mass is 32.1. The molecule has 0 saturated heterocycles. The topological polar surface area (TPSA) is 93.2 Å². The third-order valence-corrected chi connectivity index (χ3v) is 3.33. The van der Waals surface area contributed by atoms with Crippen molar-refractivity contribution in [2.45, 2.75) is 6.54 Å². The van der Waals surface area contributed by atoms with Gasteiger partial charge in [0.15, 0.2) is 0 Å². The number of ether oxygens (including phenoxy) is 1. The predicted octanol–water partition coefficient (Wildman–Crippen LogP) is 1.05. The standard InChI is InChI=1S/C13H14N4O3S/c1-20-8-10(18)14-7-11-16-17-13(21-11)12(19)15-9-5-3-2-4-6-9/h2-6H,7-8H2,1H3,(H,14,18)(H,15,19). The number of aromatic nitrogens is 2. The smallest absolute Gasteiger partial charge is 0.286 e. The van der Waals surface area contributed by atoms with Gasteiger partial charge in [-0.25, -0.2) is 0 Å². The molecule has 2 aromatic rings. The molecule has 21 heavy (non-hydrogen) atoms. The van der Waals surface area contributed by atoms with Crippen molar-refractivity contribution in [3.63, 3.8) is 0 Å². The summed E-state index contributed by atoms with van der Waals surface area (Å²) in [5, 5.41) is 13.8. The SMILES string of the molecule is COCC(=O)NCc1nnc(C(=O)Nc2ccccc2)s1. The van der Waals surface area contributed by atoms with Gasteiger partial charge in [0.05, 0.1) is 6.54 Å². The number of nitrogens with one attached hydrogen (secondary N) is 2. The predicted molar refractivity (Wildman–Crippen MR) is 78.0 cm³/mol. The van der Waals surface area contributed by atoms with Crippen LogP contribution in [0.3, 0.4) is 0 Å². The first-order chi connectivity index (χ1) is 10.2. The first kappa shape index (κ1) is 15.1. The van der Waals surface area contributed by atoms with E-state index in [0.717, 1.165) is 11.3 Å². The summed E-state index contributed by atoms with van der Waals surface area (Å²) in [7, 11) is 1.44. The second-order valence-electron chi connectivity index (χ2n) is 4.03. The molecule has 1 heterocycles. The van der Waals surface area contributed by atoms with E-state index in [1.807, 2.05) is 18.2 Å². The van der Waals surface area contributed by atoms with Crippen LogP contribution in [0.2, 0.25) is 0 Å². The van der Waals surface area contributed by atoms with E-state index in [2.05, 4.69) is 20.8 Å². The van der Waals surface area contributed by atoms with Crippen molar-refractivity contribution in [1.82, 2.24) is 15.5 Å². The maximum Gasteiger partial charge on any atom is 0.286 e. The van der Waals surface area contributed by atoms with E-state index in [1.165, 1.54) is 7.11 Å². The van der Waals surface area contributed by atoms with E-state index in [0.29, 0.717) is 10.7 Å². The number of benzene rings is 1. The molecule has 2 amide bonds. The third kappa shape index (κ3) is 4.62. The number of para-hydroxylation sites is 1. The van der Waals surface area contributed by atoms with E-state index in [1.54, 1.807) is 12.1 Å². The molecule has 0 radical (unpaired) electrons. The summed E-state index contributed by atoms with van der Waals surface area (Å²) in [6.45, 7) is 0.207. The van der Waals surface area contributed by atoms with Gasteiger partial charge in [-0.2, -0.15) is 0 Å². The molecule has 1 aromatic carbocycles. The summed E-state index contributed by atoms with van der Waals surface area (Å²) in [6.07, 6.45) is 0. The molecule has 0 aliphatic carbocycles. The molecule has 0 fully saturated rings. The lowest BCUT2D eigenvalue weighted by Gasteiger charge is -2.01. The Hall–Kier alpha value is -2.32. The number of hydrogen-bond donors (Lipinski definition) is 2. The first-order valence-corrected chi connectivity index (χ1v) is 6.95. The third-order valence-electron chi connectivity index (χ3n) is 2.40. The average molecular weight is 306 g/mol. The summed E-state index contributed by atoms with van der Waals surface area (Å²) in [6, 6.07) is 9.08. The van der Waals surface area contributed by atoms with Crippen LogP contribution >= 0.6 is 11.3 Å². The molecular weight excluding hydrogens is 292 g/mol. The molecule has 0 saturated carbocycles. The van der Waals surface area contributed by atoms with Gasteiger partial charge in [-0.05, 0) is 12.1 Å². The minimum atomic E-state index is -0.326. The molecule has 8 heteroatoms. The summed E-state index contributed by atoms with van der Waals surface area (Å²) in [5.41, 5.74) is 0.688. The highest BCUT2D eigenvalue weighted by Crippen LogP contribution is 2.12. The maximum absolute atomic E-state index is 12.0. The van der Waals surface area contributed by atoms with Gasteiger partial charge in [0.2, 0.25) is 10.9 Å². The molecule has 0 spiro atoms. The van der Waals surface area contributed by atoms with E-state index in [9.17, 15) is 9.59 Å². The van der Waals surface area contributed by atoms with E-state index >= 15 is 0 Å². The van der Waals surface area contributed by atoms with Crippen LogP contribution < -0.4 is 10.6 Å². The van der Waals surface area contributed by atoms with E-state index in [4.69, 9.17) is 4.74 Å². The average Bonchev–Trinajstić information content (AvgIpc) is 2.95. The fourth-order valence-corrected chi connectivity index (χ4v) is 2.15. The lowest BCUT2D eigenvalue weighted by atomic mass is 10.3. The Kier molecular flexibility index (Phi) is 5.35. The van der Waals surface area contributed by atoms with Crippen LogP contribution in [0.1, 0.15) is 14.8 Å². The Morgan fingerprint density at radius 3 is 2.71 bits per heavy atom. The minimum absolute atomic E-state index is 0.0137. The lowest BCUT2D eigenvalue weighted by Crippen LogP contribution is -2.26. The zero-order valence-corrected chi connectivity index (χ0v) is 12.1. The van der Waals surface area contributed by atoms with Gasteiger partial charge in [-0.15, -0.1) is 10.2 Å². The molecule has 7 nitrogen and oxygen atoms in total. The van der Waals surface area contributed by atoms with Gasteiger partial charge >= 0.3 is 0 Å². The zero-order chi connectivity index (χ0) is 15.1. The molecule has 0 atom stereocenters. The molecule has 0 unspecified atom stereocenters. The number of nitrogens with zero attached hydrogens (tertiary/aromatic N) is 2. The van der Waals surface area contributed by atoms with Gasteiger partial charge in [0.1, 0.15) is 11.6 Å². The molecule has 0 aliphatic heterocycles. The Balaban J connectivity index is 1.90. The second kappa shape index (κ2) is 7.46. The van der Waals surface area contributed by atoms with Crippen LogP contribution in [-0.4, -0.2) is 35.7 Å². The maximum atomic E-state index is 12.0. The van der Waals surface area contributed by atoms with Gasteiger partial charge < -0.3 is 15.4 Å². The zero-order valence-electron chi connectivity index (χ0n) is 11.3. The molecule has 1 aromatic heterocycles. The lowest BCUT2D eigenvalue weighted by molar-refractivity contribution is -0.124. The molecular formula is C13H14N4O3S. The van der Waals surface area contributed by atoms with Crippen molar-refractivity contribution in [3.8, 4) is 0 Å². The summed E-state index contributed by atoms with van der Waals surface area (Å²) < 4.78 is 4.69. The molecule has 0 bridgehead atoms. The van der Waals surface area contributed by atoms with Crippen molar-refractivity contribution in [1.29, 1.82) is 0 Å². The van der Waals surface area contributed by atoms with Crippen LogP contribution in [0.15, 0.2) is 30.3 Å². The van der Waals surface area contributed by atoms with E-state index in [-0.39, 0.29) is 30.0 Å². The van der Waals surface area contributed by atoms with Crippen LogP contribution in [0, 0.1) is 0 Å². The number of hydrogen-bond acceptors (Lipinski definition) is 6.